The summed E-state index contributed by atoms with van der Waals surface area (Å²) in [4.78, 5) is 14.1. The number of benzene rings is 1. The lowest BCUT2D eigenvalue weighted by Gasteiger charge is -2.22. The molecule has 1 fully saturated rings. The van der Waals surface area contributed by atoms with E-state index in [1.165, 1.54) is 0 Å². The van der Waals surface area contributed by atoms with E-state index in [-0.39, 0.29) is 11.7 Å². The Labute approximate surface area is 107 Å². The Hall–Kier alpha value is -1.84. The van der Waals surface area contributed by atoms with Crippen molar-refractivity contribution in [2.45, 2.75) is 18.8 Å². The summed E-state index contributed by atoms with van der Waals surface area (Å²) in [6.07, 6.45) is 2.12. The summed E-state index contributed by atoms with van der Waals surface area (Å²) in [6, 6.07) is 7.24. The highest BCUT2D eigenvalue weighted by Crippen LogP contribution is 2.23. The number of nitrogen functional groups attached to an aromatic ring is 1. The molecule has 2 rings (SSSR count). The van der Waals surface area contributed by atoms with E-state index < -0.39 is 5.92 Å². The first-order valence-electron chi connectivity index (χ1n) is 6.16. The average Bonchev–Trinajstić information content (AvgIpc) is 2.90. The van der Waals surface area contributed by atoms with E-state index in [4.69, 9.17) is 11.1 Å². The van der Waals surface area contributed by atoms with Crippen molar-refractivity contribution in [3.8, 4) is 0 Å². The number of carbonyl (C=O) groups excluding carboxylic acids is 1. The zero-order chi connectivity index (χ0) is 13.1. The van der Waals surface area contributed by atoms with Crippen LogP contribution in [0.25, 0.3) is 0 Å². The third kappa shape index (κ3) is 2.37. The van der Waals surface area contributed by atoms with Crippen molar-refractivity contribution in [3.05, 3.63) is 42.3 Å². The molecule has 1 aliphatic rings. The fourth-order valence-corrected chi connectivity index (χ4v) is 2.34. The molecular formula is C14H18N3O. The number of nitrogens with one attached hydrogen (secondary N) is 1. The van der Waals surface area contributed by atoms with Crippen molar-refractivity contribution in [2.75, 3.05) is 13.1 Å². The number of nitrogens with two attached hydrogens (primary N) is 1. The van der Waals surface area contributed by atoms with Crippen LogP contribution in [0.4, 0.5) is 0 Å². The number of carbonyl (C=O) groups is 1. The normalized spacial score (nSPS) is 16.6. The molecule has 3 N–H and O–H groups in total. The molecule has 0 aromatic heterocycles. The van der Waals surface area contributed by atoms with Gasteiger partial charge >= 0.3 is 0 Å². The van der Waals surface area contributed by atoms with Crippen LogP contribution in [0.2, 0.25) is 0 Å². The van der Waals surface area contributed by atoms with Gasteiger partial charge in [0.05, 0.1) is 5.92 Å². The highest BCUT2D eigenvalue weighted by Gasteiger charge is 2.26. The Balaban J connectivity index is 2.25. The Morgan fingerprint density at radius 2 is 1.94 bits per heavy atom. The van der Waals surface area contributed by atoms with Gasteiger partial charge in [-0.2, -0.15) is 0 Å². The molecule has 0 spiro atoms. The zero-order valence-electron chi connectivity index (χ0n) is 10.4. The van der Waals surface area contributed by atoms with Gasteiger partial charge in [-0.1, -0.05) is 24.3 Å². The second-order valence-electron chi connectivity index (χ2n) is 4.59. The average molecular weight is 244 g/mol. The van der Waals surface area contributed by atoms with Gasteiger partial charge in [-0.3, -0.25) is 10.2 Å². The molecule has 1 aromatic rings. The van der Waals surface area contributed by atoms with Gasteiger partial charge < -0.3 is 10.6 Å². The van der Waals surface area contributed by atoms with E-state index in [1.54, 1.807) is 6.07 Å². The van der Waals surface area contributed by atoms with Crippen LogP contribution in [0.15, 0.2) is 24.3 Å². The minimum absolute atomic E-state index is 0.0199. The van der Waals surface area contributed by atoms with Gasteiger partial charge in [0.15, 0.2) is 0 Å². The summed E-state index contributed by atoms with van der Waals surface area (Å²) in [5.74, 6) is -0.474. The van der Waals surface area contributed by atoms with Gasteiger partial charge in [0.1, 0.15) is 5.84 Å². The van der Waals surface area contributed by atoms with Gasteiger partial charge in [0.25, 0.3) is 0 Å². The molecule has 1 aliphatic heterocycles. The molecule has 1 saturated heterocycles. The molecule has 1 unspecified atom stereocenters. The van der Waals surface area contributed by atoms with Crippen LogP contribution < -0.4 is 5.73 Å². The smallest absolute Gasteiger partial charge is 0.230 e. The van der Waals surface area contributed by atoms with Crippen LogP contribution in [-0.4, -0.2) is 29.7 Å². The molecule has 18 heavy (non-hydrogen) atoms. The first-order valence-corrected chi connectivity index (χ1v) is 6.16. The molecular weight excluding hydrogens is 226 g/mol. The van der Waals surface area contributed by atoms with Crippen LogP contribution in [0.3, 0.4) is 0 Å². The van der Waals surface area contributed by atoms with Crippen molar-refractivity contribution < 1.29 is 4.79 Å². The predicted octanol–water partition coefficient (Wildman–Crippen LogP) is 1.51. The lowest BCUT2D eigenvalue weighted by molar-refractivity contribution is -0.130. The van der Waals surface area contributed by atoms with E-state index in [9.17, 15) is 4.79 Å². The SMILES string of the molecule is [CH2]C(C(=O)N1CCCC1)c1ccccc1C(=N)N. The van der Waals surface area contributed by atoms with Crippen molar-refractivity contribution >= 4 is 11.7 Å². The first kappa shape index (κ1) is 12.6. The predicted molar refractivity (Wildman–Crippen MR) is 71.4 cm³/mol. The van der Waals surface area contributed by atoms with Crippen molar-refractivity contribution in [3.63, 3.8) is 0 Å². The van der Waals surface area contributed by atoms with Gasteiger partial charge in [-0.05, 0) is 25.3 Å². The number of amidine groups is 1. The standard InChI is InChI=1S/C14H18N3O/c1-10(14(18)17-8-4-5-9-17)11-6-2-3-7-12(11)13(15)16/h2-3,6-7,10H,1,4-5,8-9H2,(H3,15,16). The minimum atomic E-state index is -0.483. The van der Waals surface area contributed by atoms with Crippen LogP contribution in [-0.2, 0) is 4.79 Å². The first-order chi connectivity index (χ1) is 8.61. The fourth-order valence-electron chi connectivity index (χ4n) is 2.34. The summed E-state index contributed by atoms with van der Waals surface area (Å²) in [6.45, 7) is 5.58. The second-order valence-corrected chi connectivity index (χ2v) is 4.59. The largest absolute Gasteiger partial charge is 0.384 e. The maximum atomic E-state index is 12.3. The highest BCUT2D eigenvalue weighted by atomic mass is 16.2. The van der Waals surface area contributed by atoms with E-state index >= 15 is 0 Å². The molecule has 4 heteroatoms. The number of hydrogen-bond acceptors (Lipinski definition) is 2. The molecule has 4 nitrogen and oxygen atoms in total. The highest BCUT2D eigenvalue weighted by molar-refractivity contribution is 5.98. The second kappa shape index (κ2) is 5.21. The molecule has 95 valence electrons. The summed E-state index contributed by atoms with van der Waals surface area (Å²) in [5, 5.41) is 7.54. The number of nitrogens with zero attached hydrogens (tertiary/aromatic N) is 1. The minimum Gasteiger partial charge on any atom is -0.384 e. The summed E-state index contributed by atoms with van der Waals surface area (Å²) in [7, 11) is 0. The lowest BCUT2D eigenvalue weighted by atomic mass is 9.94. The summed E-state index contributed by atoms with van der Waals surface area (Å²) >= 11 is 0. The molecule has 0 aliphatic carbocycles. The van der Waals surface area contributed by atoms with E-state index in [0.717, 1.165) is 31.5 Å². The number of amides is 1. The van der Waals surface area contributed by atoms with Crippen LogP contribution in [0.5, 0.6) is 0 Å². The Morgan fingerprint density at radius 3 is 2.56 bits per heavy atom. The van der Waals surface area contributed by atoms with Gasteiger partial charge in [-0.15, -0.1) is 0 Å². The molecule has 1 amide bonds. The van der Waals surface area contributed by atoms with E-state index in [0.29, 0.717) is 5.56 Å². The van der Waals surface area contributed by atoms with Crippen LogP contribution >= 0.6 is 0 Å². The summed E-state index contributed by atoms with van der Waals surface area (Å²) < 4.78 is 0. The maximum absolute atomic E-state index is 12.3. The van der Waals surface area contributed by atoms with E-state index in [1.807, 2.05) is 23.1 Å². The van der Waals surface area contributed by atoms with Crippen LogP contribution in [0, 0.1) is 12.3 Å². The lowest BCUT2D eigenvalue weighted by Crippen LogP contribution is -2.32. The Bertz CT molecular complexity index is 464. The number of likely N-dealkylation sites (tertiary alicyclic amines) is 1. The van der Waals surface area contributed by atoms with E-state index in [2.05, 4.69) is 6.92 Å². The number of hydrogen-bond donors (Lipinski definition) is 2. The zero-order valence-corrected chi connectivity index (χ0v) is 10.4. The monoisotopic (exact) mass is 244 g/mol. The summed E-state index contributed by atoms with van der Waals surface area (Å²) in [5.41, 5.74) is 6.88. The maximum Gasteiger partial charge on any atom is 0.230 e. The molecule has 1 radical (unpaired) electrons. The van der Waals surface area contributed by atoms with Crippen LogP contribution in [0.1, 0.15) is 29.9 Å². The molecule has 0 saturated carbocycles. The third-order valence-corrected chi connectivity index (χ3v) is 3.34. The fraction of sp³-hybridized carbons (Fsp3) is 0.357. The van der Waals surface area contributed by atoms with Gasteiger partial charge in [0, 0.05) is 18.7 Å². The van der Waals surface area contributed by atoms with Gasteiger partial charge in [-0.25, -0.2) is 0 Å². The van der Waals surface area contributed by atoms with Crippen molar-refractivity contribution in [1.29, 1.82) is 5.41 Å². The Kier molecular flexibility index (Phi) is 3.65. The van der Waals surface area contributed by atoms with Gasteiger partial charge in [0.2, 0.25) is 5.91 Å². The topological polar surface area (TPSA) is 70.2 Å². The van der Waals surface area contributed by atoms with Crippen molar-refractivity contribution in [1.82, 2.24) is 4.90 Å². The van der Waals surface area contributed by atoms with Crippen molar-refractivity contribution in [2.24, 2.45) is 5.73 Å². The quantitative estimate of drug-likeness (QED) is 0.625. The molecule has 0 bridgehead atoms. The molecule has 1 heterocycles. The molecule has 1 atom stereocenters. The number of rotatable bonds is 3. The Morgan fingerprint density at radius 1 is 1.33 bits per heavy atom. The molecule has 1 aromatic carbocycles. The third-order valence-electron chi connectivity index (χ3n) is 3.34.